The molecular formula is C45H59N7O9. The minimum Gasteiger partial charge on any atom is -0.390 e. The summed E-state index contributed by atoms with van der Waals surface area (Å²) < 4.78 is 16.0. The van der Waals surface area contributed by atoms with Crippen LogP contribution < -0.4 is 20.7 Å². The second-order valence-electron chi connectivity index (χ2n) is 17.2. The quantitative estimate of drug-likeness (QED) is 0.111. The van der Waals surface area contributed by atoms with Crippen molar-refractivity contribution in [1.82, 2.24) is 35.8 Å². The molecule has 6 atom stereocenters. The van der Waals surface area contributed by atoms with Crippen LogP contribution >= 0.6 is 0 Å². The fourth-order valence-corrected chi connectivity index (χ4v) is 7.94. The highest BCUT2D eigenvalue weighted by Crippen LogP contribution is 2.30. The highest BCUT2D eigenvalue weighted by Gasteiger charge is 2.51. The zero-order valence-corrected chi connectivity index (χ0v) is 35.8. The Morgan fingerprint density at radius 2 is 1.57 bits per heavy atom. The maximum absolute atomic E-state index is 14.3. The Kier molecular flexibility index (Phi) is 15.1. The van der Waals surface area contributed by atoms with Crippen LogP contribution in [0, 0.1) is 5.92 Å². The number of hydrogen-bond acceptors (Lipinski definition) is 12. The van der Waals surface area contributed by atoms with Crippen molar-refractivity contribution >= 4 is 35.4 Å². The molecular weight excluding hydrogens is 783 g/mol. The van der Waals surface area contributed by atoms with Crippen LogP contribution in [0.2, 0.25) is 0 Å². The van der Waals surface area contributed by atoms with Gasteiger partial charge >= 0.3 is 11.9 Å². The number of amides is 4. The van der Waals surface area contributed by atoms with Crippen LogP contribution in [0.4, 0.5) is 0 Å². The number of esters is 1. The molecule has 4 heterocycles. The molecule has 2 unspecified atom stereocenters. The molecule has 61 heavy (non-hydrogen) atoms. The third-order valence-corrected chi connectivity index (χ3v) is 11.5. The van der Waals surface area contributed by atoms with Crippen LogP contribution in [0.3, 0.4) is 0 Å². The van der Waals surface area contributed by atoms with Crippen LogP contribution in [0.1, 0.15) is 63.8 Å². The van der Waals surface area contributed by atoms with Gasteiger partial charge in [0.1, 0.15) is 23.7 Å². The zero-order valence-electron chi connectivity index (χ0n) is 35.8. The van der Waals surface area contributed by atoms with Gasteiger partial charge in [0.15, 0.2) is 5.78 Å². The van der Waals surface area contributed by atoms with Crippen molar-refractivity contribution in [3.63, 3.8) is 0 Å². The van der Waals surface area contributed by atoms with Gasteiger partial charge in [-0.05, 0) is 63.6 Å². The number of benzene rings is 2. The fourth-order valence-electron chi connectivity index (χ4n) is 7.94. The second-order valence-corrected chi connectivity index (χ2v) is 17.2. The normalized spacial score (nSPS) is 22.0. The number of likely N-dealkylation sites (N-methyl/N-ethyl adjacent to an activating group) is 1. The van der Waals surface area contributed by atoms with Gasteiger partial charge < -0.3 is 39.7 Å². The van der Waals surface area contributed by atoms with Gasteiger partial charge in [0.2, 0.25) is 23.6 Å². The summed E-state index contributed by atoms with van der Waals surface area (Å²) in [5, 5.41) is 12.6. The first-order valence-corrected chi connectivity index (χ1v) is 21.2. The van der Waals surface area contributed by atoms with Crippen molar-refractivity contribution in [3.05, 3.63) is 83.6 Å². The average Bonchev–Trinajstić information content (AvgIpc) is 3.74. The Labute approximate surface area is 357 Å². The average molecular weight is 842 g/mol. The molecule has 16 nitrogen and oxygen atoms in total. The molecule has 0 bridgehead atoms. The highest BCUT2D eigenvalue weighted by molar-refractivity contribution is 5.99. The van der Waals surface area contributed by atoms with Crippen molar-refractivity contribution in [2.75, 3.05) is 46.4 Å². The van der Waals surface area contributed by atoms with Crippen LogP contribution in [0.25, 0.3) is 0 Å². The van der Waals surface area contributed by atoms with Gasteiger partial charge in [0.25, 0.3) is 0 Å². The van der Waals surface area contributed by atoms with Crippen molar-refractivity contribution in [3.8, 4) is 5.95 Å². The van der Waals surface area contributed by atoms with Gasteiger partial charge in [0.05, 0.1) is 31.3 Å². The number of Topliss-reactive ketones (excluding diaryl/α,β-unsaturated/α-hetero) is 1. The first-order valence-electron chi connectivity index (χ1n) is 21.2. The van der Waals surface area contributed by atoms with Gasteiger partial charge in [-0.2, -0.15) is 0 Å². The van der Waals surface area contributed by atoms with Crippen molar-refractivity contribution in [2.45, 2.75) is 102 Å². The van der Waals surface area contributed by atoms with Gasteiger partial charge in [-0.3, -0.25) is 33.7 Å². The number of ketones is 1. The van der Waals surface area contributed by atoms with Crippen LogP contribution in [-0.4, -0.2) is 137 Å². The SMILES string of the molecule is CC(C)C[C@H](NC(=O)[C@H](Cc1ccccc1)N1C(=O)[C@@H](NC(=O)[C@H](CCc2ccccc2)NC(=O)Cc2cc(OC(=O)CN3CCN(C)CC3)on2)CC1C)C(=O)C1(C)CO1. The van der Waals surface area contributed by atoms with E-state index in [2.05, 4.69) is 26.0 Å². The first-order chi connectivity index (χ1) is 29.2. The van der Waals surface area contributed by atoms with Crippen molar-refractivity contribution < 1.29 is 42.8 Å². The number of aromatic nitrogens is 1. The second kappa shape index (κ2) is 20.4. The summed E-state index contributed by atoms with van der Waals surface area (Å²) in [6.07, 6.45) is 1.23. The summed E-state index contributed by atoms with van der Waals surface area (Å²) in [6.45, 7) is 11.0. The lowest BCUT2D eigenvalue weighted by molar-refractivity contribution is -0.142. The lowest BCUT2D eigenvalue weighted by atomic mass is 9.92. The number of aryl methyl sites for hydroxylation is 1. The number of piperazine rings is 1. The van der Waals surface area contributed by atoms with E-state index in [1.165, 1.54) is 11.0 Å². The predicted octanol–water partition coefficient (Wildman–Crippen LogP) is 2.09. The number of likely N-dealkylation sites (tertiary alicyclic amines) is 1. The molecule has 4 amide bonds. The number of rotatable bonds is 20. The van der Waals surface area contributed by atoms with Gasteiger partial charge in [0, 0.05) is 44.7 Å². The summed E-state index contributed by atoms with van der Waals surface area (Å²) in [4.78, 5) is 87.8. The fraction of sp³-hybridized carbons (Fsp3) is 0.533. The van der Waals surface area contributed by atoms with E-state index in [1.54, 1.807) is 6.92 Å². The Bertz CT molecular complexity index is 2000. The van der Waals surface area contributed by atoms with Crippen LogP contribution in [0.15, 0.2) is 71.3 Å². The lowest BCUT2D eigenvalue weighted by Crippen LogP contribution is -2.57. The molecule has 1 aromatic heterocycles. The smallest absolute Gasteiger partial charge is 0.327 e. The molecule has 0 radical (unpaired) electrons. The molecule has 6 rings (SSSR count). The number of carbonyl (C=O) groups excluding carboxylic acids is 6. The van der Waals surface area contributed by atoms with Gasteiger partial charge in [-0.25, -0.2) is 0 Å². The van der Waals surface area contributed by atoms with Crippen molar-refractivity contribution in [1.29, 1.82) is 0 Å². The largest absolute Gasteiger partial charge is 0.390 e. The van der Waals surface area contributed by atoms with E-state index in [1.807, 2.05) is 93.4 Å². The number of nitrogens with zero attached hydrogens (tertiary/aromatic N) is 4. The van der Waals surface area contributed by atoms with E-state index in [4.69, 9.17) is 14.0 Å². The third kappa shape index (κ3) is 12.6. The number of nitrogens with one attached hydrogen (secondary N) is 3. The number of ether oxygens (including phenoxy) is 2. The van der Waals surface area contributed by atoms with E-state index >= 15 is 0 Å². The molecule has 328 valence electrons. The van der Waals surface area contributed by atoms with E-state index in [0.717, 1.165) is 37.3 Å². The highest BCUT2D eigenvalue weighted by atomic mass is 16.7. The molecule has 3 fully saturated rings. The predicted molar refractivity (Wildman–Crippen MR) is 224 cm³/mol. The summed E-state index contributed by atoms with van der Waals surface area (Å²) in [6, 6.07) is 16.0. The molecule has 3 N–H and O–H groups in total. The maximum atomic E-state index is 14.3. The maximum Gasteiger partial charge on any atom is 0.327 e. The minimum absolute atomic E-state index is 0.0958. The third-order valence-electron chi connectivity index (χ3n) is 11.5. The number of epoxide rings is 1. The summed E-state index contributed by atoms with van der Waals surface area (Å²) in [7, 11) is 2.03. The summed E-state index contributed by atoms with van der Waals surface area (Å²) in [5.41, 5.74) is 1.04. The first kappa shape index (κ1) is 45.1. The van der Waals surface area contributed by atoms with E-state index in [0.29, 0.717) is 12.8 Å². The summed E-state index contributed by atoms with van der Waals surface area (Å²) in [5.74, 6) is -2.72. The minimum atomic E-state index is -1.03. The zero-order chi connectivity index (χ0) is 43.7. The van der Waals surface area contributed by atoms with Crippen molar-refractivity contribution in [2.24, 2.45) is 5.92 Å². The number of carbonyl (C=O) groups is 6. The standard InChI is InChI=1S/C45H59N7O9/c1-29(2)22-35(41(55)45(4)28-59-45)47-43(57)37(24-32-14-10-7-11-15-32)52-30(3)23-36(44(52)58)48-42(56)34(17-16-31-12-8-6-9-13-31)46-38(53)25-33-26-40(61-49-33)60-39(54)27-51-20-18-50(5)19-21-51/h6-15,26,29-30,34-37H,16-25,27-28H2,1-5H3,(H,46,53)(H,47,57)(H,48,56)/t30?,34-,35-,36-,37-,45?/m0/s1. The molecule has 3 aromatic rings. The Morgan fingerprint density at radius 1 is 0.918 bits per heavy atom. The Balaban J connectivity index is 1.12. The Hall–Kier alpha value is -5.45. The molecule has 2 aromatic carbocycles. The van der Waals surface area contributed by atoms with Crippen LogP contribution in [0.5, 0.6) is 5.95 Å². The van der Waals surface area contributed by atoms with E-state index in [9.17, 15) is 28.8 Å². The summed E-state index contributed by atoms with van der Waals surface area (Å²) >= 11 is 0. The molecule has 3 aliphatic heterocycles. The number of hydrogen-bond donors (Lipinski definition) is 3. The van der Waals surface area contributed by atoms with Gasteiger partial charge in [-0.15, -0.1) is 0 Å². The molecule has 0 spiro atoms. The molecule has 0 saturated carbocycles. The van der Waals surface area contributed by atoms with E-state index in [-0.39, 0.29) is 62.2 Å². The molecule has 16 heteroatoms. The van der Waals surface area contributed by atoms with Gasteiger partial charge in [-0.1, -0.05) is 79.7 Å². The Morgan fingerprint density at radius 3 is 2.21 bits per heavy atom. The monoisotopic (exact) mass is 841 g/mol. The molecule has 3 saturated heterocycles. The topological polar surface area (TPSA) is 196 Å². The molecule has 3 aliphatic rings. The lowest BCUT2D eigenvalue weighted by Gasteiger charge is -2.33. The van der Waals surface area contributed by atoms with E-state index < -0.39 is 65.4 Å². The molecule has 0 aliphatic carbocycles. The van der Waals surface area contributed by atoms with Crippen LogP contribution in [-0.2, 0) is 52.8 Å².